The summed E-state index contributed by atoms with van der Waals surface area (Å²) in [5, 5.41) is 4.58. The molecule has 9 aromatic rings. The van der Waals surface area contributed by atoms with Gasteiger partial charge in [0.1, 0.15) is 5.52 Å². The highest BCUT2D eigenvalue weighted by molar-refractivity contribution is 6.18. The van der Waals surface area contributed by atoms with Crippen molar-refractivity contribution in [2.45, 2.75) is 46.0 Å². The molecule has 1 heterocycles. The highest BCUT2D eigenvalue weighted by atomic mass is 16.3. The van der Waals surface area contributed by atoms with Gasteiger partial charge in [-0.1, -0.05) is 171 Å². The van der Waals surface area contributed by atoms with E-state index in [2.05, 4.69) is 168 Å². The molecular formula is C52H43NO. The van der Waals surface area contributed by atoms with Crippen molar-refractivity contribution in [3.8, 4) is 33.7 Å². The number of hydrogen-bond donors (Lipinski definition) is 0. The maximum Gasteiger partial charge on any atom is 0.227 e. The quantitative estimate of drug-likeness (QED) is 0.128. The van der Waals surface area contributed by atoms with Gasteiger partial charge in [-0.2, -0.15) is 0 Å². The van der Waals surface area contributed by atoms with Crippen molar-refractivity contribution in [2.24, 2.45) is 0 Å². The second-order valence-electron chi connectivity index (χ2n) is 15.8. The fraction of sp³-hybridized carbons (Fsp3) is 0.135. The molecule has 2 nitrogen and oxygen atoms in total. The Hall–Kier alpha value is -6.25. The zero-order valence-corrected chi connectivity index (χ0v) is 31.5. The number of hydrogen-bond acceptors (Lipinski definition) is 2. The van der Waals surface area contributed by atoms with E-state index in [1.165, 1.54) is 66.4 Å². The Labute approximate surface area is 317 Å². The van der Waals surface area contributed by atoms with Crippen LogP contribution in [0.2, 0.25) is 0 Å². The predicted molar refractivity (Wildman–Crippen MR) is 227 cm³/mol. The van der Waals surface area contributed by atoms with Crippen LogP contribution >= 0.6 is 0 Å². The lowest BCUT2D eigenvalue weighted by Gasteiger charge is -2.21. The molecule has 0 bridgehead atoms. The monoisotopic (exact) mass is 697 g/mol. The highest BCUT2D eigenvalue weighted by Crippen LogP contribution is 2.40. The average Bonchev–Trinajstić information content (AvgIpc) is 3.63. The van der Waals surface area contributed by atoms with Crippen LogP contribution in [0.15, 0.2) is 168 Å². The van der Waals surface area contributed by atoms with E-state index in [9.17, 15) is 0 Å². The van der Waals surface area contributed by atoms with Crippen molar-refractivity contribution in [3.05, 3.63) is 197 Å². The summed E-state index contributed by atoms with van der Waals surface area (Å²) >= 11 is 0. The van der Waals surface area contributed by atoms with E-state index >= 15 is 0 Å². The molecule has 0 aliphatic carbocycles. The zero-order chi connectivity index (χ0) is 37.0. The normalized spacial score (nSPS) is 12.5. The molecule has 1 unspecified atom stereocenters. The van der Waals surface area contributed by atoms with E-state index in [1.807, 2.05) is 30.3 Å². The first-order chi connectivity index (χ1) is 26.2. The van der Waals surface area contributed by atoms with Gasteiger partial charge in [-0.25, -0.2) is 4.98 Å². The molecule has 1 atom stereocenters. The summed E-state index contributed by atoms with van der Waals surface area (Å²) < 4.78 is 6.59. The summed E-state index contributed by atoms with van der Waals surface area (Å²) in [5.74, 6) is 0.658. The topological polar surface area (TPSA) is 26.0 Å². The molecule has 2 heteroatoms. The lowest BCUT2D eigenvalue weighted by Crippen LogP contribution is -2.10. The Morgan fingerprint density at radius 2 is 1.02 bits per heavy atom. The first kappa shape index (κ1) is 33.6. The van der Waals surface area contributed by atoms with Crippen molar-refractivity contribution < 1.29 is 4.42 Å². The van der Waals surface area contributed by atoms with E-state index < -0.39 is 0 Å². The number of aromatic nitrogens is 1. The largest absolute Gasteiger partial charge is 0.435 e. The van der Waals surface area contributed by atoms with Gasteiger partial charge in [0.05, 0.1) is 0 Å². The molecule has 9 rings (SSSR count). The molecule has 0 aliphatic heterocycles. The van der Waals surface area contributed by atoms with Crippen LogP contribution in [0.4, 0.5) is 0 Å². The third kappa shape index (κ3) is 6.28. The Morgan fingerprint density at radius 1 is 0.481 bits per heavy atom. The average molecular weight is 698 g/mol. The van der Waals surface area contributed by atoms with Crippen molar-refractivity contribution in [1.82, 2.24) is 4.98 Å². The molecule has 0 spiro atoms. The van der Waals surface area contributed by atoms with Crippen LogP contribution in [0, 0.1) is 13.8 Å². The lowest BCUT2D eigenvalue weighted by atomic mass is 9.82. The number of rotatable bonds is 6. The van der Waals surface area contributed by atoms with Crippen LogP contribution in [0.25, 0.3) is 66.4 Å². The van der Waals surface area contributed by atoms with E-state index in [1.54, 1.807) is 0 Å². The van der Waals surface area contributed by atoms with Gasteiger partial charge in [0.2, 0.25) is 5.89 Å². The number of fused-ring (bicyclic) bond motifs is 5. The van der Waals surface area contributed by atoms with Gasteiger partial charge in [-0.05, 0) is 104 Å². The fourth-order valence-corrected chi connectivity index (χ4v) is 8.04. The van der Waals surface area contributed by atoms with Crippen LogP contribution in [0.1, 0.15) is 60.1 Å². The summed E-state index contributed by atoms with van der Waals surface area (Å²) in [6, 6.07) is 59.9. The van der Waals surface area contributed by atoms with Gasteiger partial charge in [0.15, 0.2) is 5.58 Å². The van der Waals surface area contributed by atoms with E-state index in [-0.39, 0.29) is 11.3 Å². The molecule has 1 aromatic heterocycles. The maximum absolute atomic E-state index is 6.59. The molecule has 262 valence electrons. The molecule has 0 fully saturated rings. The maximum atomic E-state index is 6.59. The molecule has 0 N–H and O–H groups in total. The fourth-order valence-electron chi connectivity index (χ4n) is 8.04. The molecule has 0 saturated carbocycles. The number of aryl methyl sites for hydroxylation is 2. The van der Waals surface area contributed by atoms with Crippen LogP contribution in [-0.4, -0.2) is 4.98 Å². The number of benzene rings is 8. The van der Waals surface area contributed by atoms with Gasteiger partial charge in [0, 0.05) is 16.9 Å². The first-order valence-corrected chi connectivity index (χ1v) is 18.9. The second kappa shape index (κ2) is 13.3. The zero-order valence-electron chi connectivity index (χ0n) is 31.5. The SMILES string of the molecule is Cc1cc(C)cc(-c2ccc(C(c3ccc(-c4ccc(C(C)(C)C)cc4)cc3)c3ccc4ccc5ccc6nc(-c7ccccc7)oc6c5c4c3)cc2)c1. The molecular weight excluding hydrogens is 655 g/mol. The van der Waals surface area contributed by atoms with Crippen LogP contribution in [-0.2, 0) is 5.41 Å². The first-order valence-electron chi connectivity index (χ1n) is 18.9. The predicted octanol–water partition coefficient (Wildman–Crippen LogP) is 14.2. The Morgan fingerprint density at radius 3 is 1.65 bits per heavy atom. The minimum Gasteiger partial charge on any atom is -0.435 e. The Balaban J connectivity index is 1.18. The second-order valence-corrected chi connectivity index (χ2v) is 15.8. The summed E-state index contributed by atoms with van der Waals surface area (Å²) in [6.07, 6.45) is 0. The van der Waals surface area contributed by atoms with E-state index in [4.69, 9.17) is 9.40 Å². The third-order valence-corrected chi connectivity index (χ3v) is 10.9. The lowest BCUT2D eigenvalue weighted by molar-refractivity contribution is 0.590. The van der Waals surface area contributed by atoms with E-state index in [0.29, 0.717) is 5.89 Å². The molecule has 0 saturated heterocycles. The summed E-state index contributed by atoms with van der Waals surface area (Å²) in [7, 11) is 0. The standard InChI is InChI=1S/C52H43NO/c1-33-29-34(2)31-44(30-33)37-13-19-40(20-14-37)48(39-17-11-35(12-18-39)36-23-26-45(27-24-36)52(3,4)5)43-22-16-38-15-21-41-25-28-47-50(49(41)46(38)32-43)54-51(53-47)42-9-7-6-8-10-42/h6-32,48H,1-5H3. The summed E-state index contributed by atoms with van der Waals surface area (Å²) in [5.41, 5.74) is 15.3. The summed E-state index contributed by atoms with van der Waals surface area (Å²) in [6.45, 7) is 11.1. The van der Waals surface area contributed by atoms with Crippen molar-refractivity contribution in [1.29, 1.82) is 0 Å². The Bertz CT molecular complexity index is 2760. The van der Waals surface area contributed by atoms with Crippen molar-refractivity contribution >= 4 is 32.6 Å². The van der Waals surface area contributed by atoms with Gasteiger partial charge >= 0.3 is 0 Å². The smallest absolute Gasteiger partial charge is 0.227 e. The third-order valence-electron chi connectivity index (χ3n) is 10.9. The van der Waals surface area contributed by atoms with Crippen LogP contribution in [0.3, 0.4) is 0 Å². The number of nitrogens with zero attached hydrogens (tertiary/aromatic N) is 1. The molecule has 0 aliphatic rings. The van der Waals surface area contributed by atoms with Crippen LogP contribution in [0.5, 0.6) is 0 Å². The molecule has 54 heavy (non-hydrogen) atoms. The summed E-state index contributed by atoms with van der Waals surface area (Å²) in [4.78, 5) is 4.92. The van der Waals surface area contributed by atoms with Gasteiger partial charge in [-0.15, -0.1) is 0 Å². The minimum absolute atomic E-state index is 0.0177. The van der Waals surface area contributed by atoms with Gasteiger partial charge < -0.3 is 4.42 Å². The Kier molecular flexibility index (Phi) is 8.27. The van der Waals surface area contributed by atoms with Crippen molar-refractivity contribution in [2.75, 3.05) is 0 Å². The molecule has 8 aromatic carbocycles. The van der Waals surface area contributed by atoms with Crippen molar-refractivity contribution in [3.63, 3.8) is 0 Å². The molecule has 0 amide bonds. The van der Waals surface area contributed by atoms with E-state index in [0.717, 1.165) is 27.4 Å². The highest BCUT2D eigenvalue weighted by Gasteiger charge is 2.20. The minimum atomic E-state index is 0.0177. The van der Waals surface area contributed by atoms with Crippen LogP contribution < -0.4 is 0 Å². The molecule has 0 radical (unpaired) electrons. The van der Waals surface area contributed by atoms with Gasteiger partial charge in [-0.3, -0.25) is 0 Å². The van der Waals surface area contributed by atoms with Gasteiger partial charge in [0.25, 0.3) is 0 Å². The number of oxazole rings is 1.